The minimum atomic E-state index is -0.00685. The largest absolute Gasteiger partial charge is 0.497 e. The Balaban J connectivity index is 0.00000200. The maximum atomic E-state index is 12.3. The number of hydrogen-bond acceptors (Lipinski definition) is 3. The van der Waals surface area contributed by atoms with Crippen molar-refractivity contribution in [3.05, 3.63) is 27.3 Å². The van der Waals surface area contributed by atoms with Gasteiger partial charge in [-0.15, -0.1) is 12.4 Å². The molecule has 4 nitrogen and oxygen atoms in total. The number of carbonyl (C=O) groups excluding carboxylic acids is 1. The first kappa shape index (κ1) is 17.5. The average molecular weight is 411 g/mol. The van der Waals surface area contributed by atoms with Gasteiger partial charge in [-0.1, -0.05) is 6.92 Å². The molecule has 1 aromatic carbocycles. The number of rotatable bonds is 3. The van der Waals surface area contributed by atoms with E-state index in [1.165, 1.54) is 0 Å². The molecule has 2 unspecified atom stereocenters. The third kappa shape index (κ3) is 4.23. The predicted molar refractivity (Wildman–Crippen MR) is 90.9 cm³/mol. The van der Waals surface area contributed by atoms with E-state index in [0.29, 0.717) is 11.5 Å². The molecule has 1 aliphatic heterocycles. The first-order chi connectivity index (χ1) is 9.11. The summed E-state index contributed by atoms with van der Waals surface area (Å²) in [7, 11) is 1.63. The van der Waals surface area contributed by atoms with E-state index in [4.69, 9.17) is 4.74 Å². The fraction of sp³-hybridized carbons (Fsp3) is 0.500. The number of carbonyl (C=O) groups is 1. The van der Waals surface area contributed by atoms with Crippen molar-refractivity contribution in [1.29, 1.82) is 0 Å². The van der Waals surface area contributed by atoms with E-state index in [-0.39, 0.29) is 24.4 Å². The Hall–Kier alpha value is -0.530. The van der Waals surface area contributed by atoms with Crippen LogP contribution in [0.25, 0.3) is 0 Å². The van der Waals surface area contributed by atoms with Crippen LogP contribution in [0.1, 0.15) is 23.7 Å². The van der Waals surface area contributed by atoms with Gasteiger partial charge in [0.1, 0.15) is 5.75 Å². The second-order valence-electron chi connectivity index (χ2n) is 4.90. The second kappa shape index (κ2) is 8.05. The van der Waals surface area contributed by atoms with Crippen molar-refractivity contribution < 1.29 is 9.53 Å². The highest BCUT2D eigenvalue weighted by Gasteiger charge is 2.23. The minimum Gasteiger partial charge on any atom is -0.497 e. The molecule has 0 aromatic heterocycles. The fourth-order valence-electron chi connectivity index (χ4n) is 2.24. The monoisotopic (exact) mass is 410 g/mol. The van der Waals surface area contributed by atoms with Crippen LogP contribution in [0.2, 0.25) is 0 Å². The zero-order valence-corrected chi connectivity index (χ0v) is 14.6. The summed E-state index contributed by atoms with van der Waals surface area (Å²) in [5.74, 6) is 1.28. The molecule has 1 fully saturated rings. The van der Waals surface area contributed by atoms with Gasteiger partial charge < -0.3 is 15.4 Å². The van der Waals surface area contributed by atoms with Gasteiger partial charge in [0.25, 0.3) is 5.91 Å². The summed E-state index contributed by atoms with van der Waals surface area (Å²) >= 11 is 2.17. The van der Waals surface area contributed by atoms with E-state index in [1.54, 1.807) is 7.11 Å². The molecule has 112 valence electrons. The molecule has 2 N–H and O–H groups in total. The van der Waals surface area contributed by atoms with Crippen molar-refractivity contribution in [3.8, 4) is 5.75 Å². The van der Waals surface area contributed by atoms with Crippen LogP contribution in [0.4, 0.5) is 0 Å². The van der Waals surface area contributed by atoms with E-state index < -0.39 is 0 Å². The Morgan fingerprint density at radius 3 is 2.85 bits per heavy atom. The zero-order valence-electron chi connectivity index (χ0n) is 11.6. The highest BCUT2D eigenvalue weighted by molar-refractivity contribution is 14.1. The Labute approximate surface area is 139 Å². The van der Waals surface area contributed by atoms with E-state index in [2.05, 4.69) is 40.1 Å². The molecule has 1 aromatic rings. The highest BCUT2D eigenvalue weighted by atomic mass is 127. The summed E-state index contributed by atoms with van der Waals surface area (Å²) in [6.07, 6.45) is 1.10. The van der Waals surface area contributed by atoms with Crippen LogP contribution >= 0.6 is 35.0 Å². The van der Waals surface area contributed by atoms with Gasteiger partial charge in [-0.2, -0.15) is 0 Å². The van der Waals surface area contributed by atoms with Gasteiger partial charge in [-0.25, -0.2) is 0 Å². The molecular weight excluding hydrogens is 391 g/mol. The van der Waals surface area contributed by atoms with Crippen molar-refractivity contribution >= 4 is 40.9 Å². The number of hydrogen-bond donors (Lipinski definition) is 2. The lowest BCUT2D eigenvalue weighted by Crippen LogP contribution is -2.50. The van der Waals surface area contributed by atoms with E-state index in [9.17, 15) is 4.79 Å². The first-order valence-corrected chi connectivity index (χ1v) is 7.55. The lowest BCUT2D eigenvalue weighted by Gasteiger charge is -2.30. The van der Waals surface area contributed by atoms with Gasteiger partial charge in [0.05, 0.1) is 12.7 Å². The van der Waals surface area contributed by atoms with Crippen LogP contribution < -0.4 is 15.4 Å². The number of benzene rings is 1. The summed E-state index contributed by atoms with van der Waals surface area (Å²) < 4.78 is 6.06. The smallest absolute Gasteiger partial charge is 0.252 e. The molecule has 20 heavy (non-hydrogen) atoms. The van der Waals surface area contributed by atoms with Crippen molar-refractivity contribution in [2.75, 3.05) is 20.2 Å². The summed E-state index contributed by atoms with van der Waals surface area (Å²) in [6.45, 7) is 4.07. The predicted octanol–water partition coefficient (Wildman–Crippen LogP) is 2.45. The summed E-state index contributed by atoms with van der Waals surface area (Å²) in [5, 5.41) is 6.43. The standard InChI is InChI=1S/C14H19IN2O2.ClH/c1-9-5-6-16-8-13(9)17-14(18)11-4-3-10(19-2)7-12(11)15;/h3-4,7,9,13,16H,5-6,8H2,1-2H3,(H,17,18);1H. The highest BCUT2D eigenvalue weighted by Crippen LogP contribution is 2.20. The third-order valence-electron chi connectivity index (χ3n) is 3.56. The van der Waals surface area contributed by atoms with Crippen LogP contribution in [0.3, 0.4) is 0 Å². The fourth-order valence-corrected chi connectivity index (χ4v) is 2.97. The molecule has 2 rings (SSSR count). The molecule has 6 heteroatoms. The van der Waals surface area contributed by atoms with Crippen molar-refractivity contribution in [3.63, 3.8) is 0 Å². The van der Waals surface area contributed by atoms with Crippen molar-refractivity contribution in [2.45, 2.75) is 19.4 Å². The molecule has 0 spiro atoms. The molecule has 1 amide bonds. The molecule has 0 radical (unpaired) electrons. The number of nitrogens with one attached hydrogen (secondary N) is 2. The Bertz CT molecular complexity index is 470. The number of halogens is 2. The van der Waals surface area contributed by atoms with Gasteiger partial charge in [0.15, 0.2) is 0 Å². The molecular formula is C14H20ClIN2O2. The number of methoxy groups -OCH3 is 1. The zero-order chi connectivity index (χ0) is 13.8. The Morgan fingerprint density at radius 2 is 2.25 bits per heavy atom. The van der Waals surface area contributed by atoms with Crippen LogP contribution in [0.5, 0.6) is 5.75 Å². The Kier molecular flexibility index (Phi) is 7.05. The van der Waals surface area contributed by atoms with Crippen LogP contribution in [-0.2, 0) is 0 Å². The van der Waals surface area contributed by atoms with Gasteiger partial charge >= 0.3 is 0 Å². The average Bonchev–Trinajstić information content (AvgIpc) is 2.41. The SMILES string of the molecule is COc1ccc(C(=O)NC2CNCCC2C)c(I)c1.Cl. The van der Waals surface area contributed by atoms with Gasteiger partial charge in [0.2, 0.25) is 0 Å². The normalized spacial score (nSPS) is 21.8. The summed E-state index contributed by atoms with van der Waals surface area (Å²) in [4.78, 5) is 12.3. The summed E-state index contributed by atoms with van der Waals surface area (Å²) in [6, 6.07) is 5.72. The number of piperidine rings is 1. The van der Waals surface area contributed by atoms with E-state index in [0.717, 1.165) is 28.8 Å². The summed E-state index contributed by atoms with van der Waals surface area (Å²) in [5.41, 5.74) is 0.708. The van der Waals surface area contributed by atoms with Gasteiger partial charge in [-0.05, 0) is 59.7 Å². The van der Waals surface area contributed by atoms with Crippen LogP contribution in [-0.4, -0.2) is 32.1 Å². The van der Waals surface area contributed by atoms with Gasteiger partial charge in [-0.3, -0.25) is 4.79 Å². The lowest BCUT2D eigenvalue weighted by molar-refractivity contribution is 0.0914. The molecule has 1 heterocycles. The lowest BCUT2D eigenvalue weighted by atomic mass is 9.94. The molecule has 1 saturated heterocycles. The van der Waals surface area contributed by atoms with Crippen LogP contribution in [0.15, 0.2) is 18.2 Å². The molecule has 1 aliphatic rings. The number of ether oxygens (including phenoxy) is 1. The van der Waals surface area contributed by atoms with Crippen molar-refractivity contribution in [2.24, 2.45) is 5.92 Å². The minimum absolute atomic E-state index is 0. The number of amides is 1. The molecule has 0 aliphatic carbocycles. The maximum Gasteiger partial charge on any atom is 0.252 e. The molecule has 0 saturated carbocycles. The van der Waals surface area contributed by atoms with Crippen molar-refractivity contribution in [1.82, 2.24) is 10.6 Å². The van der Waals surface area contributed by atoms with Crippen LogP contribution in [0, 0.1) is 9.49 Å². The molecule has 0 bridgehead atoms. The van der Waals surface area contributed by atoms with E-state index in [1.807, 2.05) is 18.2 Å². The topological polar surface area (TPSA) is 50.4 Å². The maximum absolute atomic E-state index is 12.3. The second-order valence-corrected chi connectivity index (χ2v) is 6.06. The van der Waals surface area contributed by atoms with Gasteiger partial charge in [0, 0.05) is 16.2 Å². The quantitative estimate of drug-likeness (QED) is 0.753. The molecule has 2 atom stereocenters. The van der Waals surface area contributed by atoms with E-state index >= 15 is 0 Å². The first-order valence-electron chi connectivity index (χ1n) is 6.47. The third-order valence-corrected chi connectivity index (χ3v) is 4.46. The Morgan fingerprint density at radius 1 is 1.50 bits per heavy atom.